The topological polar surface area (TPSA) is 151 Å². The van der Waals surface area contributed by atoms with Crippen LogP contribution in [0.3, 0.4) is 0 Å². The molecule has 0 bridgehead atoms. The zero-order valence-corrected chi connectivity index (χ0v) is 21.6. The molecule has 1 aliphatic heterocycles. The summed E-state index contributed by atoms with van der Waals surface area (Å²) in [5, 5.41) is 14.0. The number of benzene rings is 1. The number of anilines is 1. The van der Waals surface area contributed by atoms with Crippen LogP contribution in [0.1, 0.15) is 31.4 Å². The van der Waals surface area contributed by atoms with Gasteiger partial charge in [0.1, 0.15) is 11.9 Å². The summed E-state index contributed by atoms with van der Waals surface area (Å²) < 4.78 is 40.5. The molecule has 3 rings (SSSR count). The first-order valence-corrected chi connectivity index (χ1v) is 12.9. The van der Waals surface area contributed by atoms with Gasteiger partial charge in [-0.2, -0.15) is 0 Å². The Morgan fingerprint density at radius 1 is 1.16 bits per heavy atom. The van der Waals surface area contributed by atoms with E-state index in [0.29, 0.717) is 23.9 Å². The van der Waals surface area contributed by atoms with Crippen LogP contribution in [0.25, 0.3) is 0 Å². The van der Waals surface area contributed by atoms with E-state index >= 15 is 0 Å². The highest BCUT2D eigenvalue weighted by Crippen LogP contribution is 2.25. The van der Waals surface area contributed by atoms with Crippen molar-refractivity contribution < 1.29 is 32.7 Å². The molecule has 0 spiro atoms. The number of halogens is 3. The van der Waals surface area contributed by atoms with Crippen molar-refractivity contribution in [2.24, 2.45) is 11.7 Å². The molecule has 3 atom stereocenters. The van der Waals surface area contributed by atoms with Gasteiger partial charge in [-0.1, -0.05) is 13.8 Å². The van der Waals surface area contributed by atoms with E-state index in [1.807, 2.05) is 0 Å². The van der Waals surface area contributed by atoms with Crippen molar-refractivity contribution in [3.05, 3.63) is 53.1 Å². The molecule has 38 heavy (non-hydrogen) atoms. The Bertz CT molecular complexity index is 1170. The number of nitrogens with zero attached hydrogens (tertiary/aromatic N) is 3. The second-order valence-electron chi connectivity index (χ2n) is 9.17. The standard InChI is InChI=1S/C24H29F3N6O4S/c1-12(2)20(23(36)37)32-24-30-10-13(11-31-24)9-29-21(35)22-33(3-4-38-22)19(34)7-15(28)5-14-6-17(26)18(27)8-16(14)25/h6,8,10-12,15,20,22H,3-5,7,9,28H2,1-2H3,(H,29,35)(H,36,37)(H,30,31,32)/t15-,20?,22+/m1/s1. The molecule has 1 aliphatic rings. The number of hydrogen-bond acceptors (Lipinski definition) is 8. The zero-order chi connectivity index (χ0) is 28.0. The number of carboxylic acid groups (broad SMARTS) is 1. The number of carboxylic acids is 1. The molecule has 0 saturated carbocycles. The van der Waals surface area contributed by atoms with Gasteiger partial charge in [0.25, 0.3) is 5.91 Å². The van der Waals surface area contributed by atoms with Crippen LogP contribution in [0.5, 0.6) is 0 Å². The van der Waals surface area contributed by atoms with Crippen LogP contribution in [-0.2, 0) is 27.3 Å². The quantitative estimate of drug-likeness (QED) is 0.305. The fraction of sp³-hybridized carbons (Fsp3) is 0.458. The van der Waals surface area contributed by atoms with E-state index < -0.39 is 52.7 Å². The third-order valence-corrected chi connectivity index (χ3v) is 7.04. The lowest BCUT2D eigenvalue weighted by molar-refractivity contribution is -0.139. The molecule has 2 amide bonds. The summed E-state index contributed by atoms with van der Waals surface area (Å²) in [5.74, 6) is -4.83. The predicted molar refractivity (Wildman–Crippen MR) is 134 cm³/mol. The van der Waals surface area contributed by atoms with Gasteiger partial charge in [-0.05, 0) is 24.0 Å². The van der Waals surface area contributed by atoms with E-state index in [-0.39, 0.29) is 36.8 Å². The second-order valence-corrected chi connectivity index (χ2v) is 10.4. The van der Waals surface area contributed by atoms with Crippen LogP contribution in [0.2, 0.25) is 0 Å². The number of aliphatic carboxylic acids is 1. The lowest BCUT2D eigenvalue weighted by Gasteiger charge is -2.24. The minimum Gasteiger partial charge on any atom is -0.480 e. The van der Waals surface area contributed by atoms with Crippen LogP contribution in [-0.4, -0.2) is 67.5 Å². The molecule has 14 heteroatoms. The van der Waals surface area contributed by atoms with E-state index in [1.165, 1.54) is 29.1 Å². The van der Waals surface area contributed by atoms with E-state index in [4.69, 9.17) is 5.73 Å². The van der Waals surface area contributed by atoms with Gasteiger partial charge in [0.05, 0.1) is 0 Å². The smallest absolute Gasteiger partial charge is 0.326 e. The molecule has 10 nitrogen and oxygen atoms in total. The monoisotopic (exact) mass is 554 g/mol. The molecule has 0 radical (unpaired) electrons. The summed E-state index contributed by atoms with van der Waals surface area (Å²) in [6.07, 6.45) is 2.52. The Morgan fingerprint density at radius 3 is 2.45 bits per heavy atom. The first kappa shape index (κ1) is 29.2. The molecule has 1 fully saturated rings. The number of thioether (sulfide) groups is 1. The maximum atomic E-state index is 13.9. The molecule has 1 unspecified atom stereocenters. The molecule has 0 aliphatic carbocycles. The molecular weight excluding hydrogens is 525 g/mol. The Balaban J connectivity index is 1.52. The van der Waals surface area contributed by atoms with Gasteiger partial charge in [-0.25, -0.2) is 27.9 Å². The maximum absolute atomic E-state index is 13.9. The molecule has 206 valence electrons. The zero-order valence-electron chi connectivity index (χ0n) is 20.8. The van der Waals surface area contributed by atoms with Crippen molar-refractivity contribution in [3.63, 3.8) is 0 Å². The van der Waals surface area contributed by atoms with Gasteiger partial charge in [0, 0.05) is 55.3 Å². The molecule has 2 heterocycles. The number of nitrogens with one attached hydrogen (secondary N) is 2. The van der Waals surface area contributed by atoms with Crippen LogP contribution in [0.15, 0.2) is 24.5 Å². The second kappa shape index (κ2) is 12.9. The maximum Gasteiger partial charge on any atom is 0.326 e. The van der Waals surface area contributed by atoms with Gasteiger partial charge in [-0.3, -0.25) is 9.59 Å². The Kier molecular flexibility index (Phi) is 9.91. The van der Waals surface area contributed by atoms with E-state index in [1.54, 1.807) is 13.8 Å². The summed E-state index contributed by atoms with van der Waals surface area (Å²) in [6, 6.07) is -0.563. The fourth-order valence-electron chi connectivity index (χ4n) is 3.81. The minimum atomic E-state index is -1.31. The fourth-order valence-corrected chi connectivity index (χ4v) is 4.97. The molecule has 1 saturated heterocycles. The van der Waals surface area contributed by atoms with Gasteiger partial charge in [-0.15, -0.1) is 11.8 Å². The third-order valence-electron chi connectivity index (χ3n) is 5.83. The van der Waals surface area contributed by atoms with Gasteiger partial charge < -0.3 is 26.4 Å². The normalized spacial score (nSPS) is 16.8. The molecule has 1 aromatic heterocycles. The van der Waals surface area contributed by atoms with E-state index in [0.717, 1.165) is 6.07 Å². The molecule has 1 aromatic carbocycles. The lowest BCUT2D eigenvalue weighted by atomic mass is 10.0. The minimum absolute atomic E-state index is 0.0830. The van der Waals surface area contributed by atoms with Gasteiger partial charge in [0.15, 0.2) is 17.0 Å². The molecular formula is C24H29F3N6O4S. The summed E-state index contributed by atoms with van der Waals surface area (Å²) >= 11 is 1.28. The molecule has 5 N–H and O–H groups in total. The third kappa shape index (κ3) is 7.57. The number of carbonyl (C=O) groups excluding carboxylic acids is 2. The van der Waals surface area contributed by atoms with Crippen LogP contribution < -0.4 is 16.4 Å². The predicted octanol–water partition coefficient (Wildman–Crippen LogP) is 1.89. The SMILES string of the molecule is CC(C)C(Nc1ncc(CNC(=O)[C@@H]2SCCN2C(=O)C[C@H](N)Cc2cc(F)c(F)cc2F)cn1)C(=O)O. The van der Waals surface area contributed by atoms with Crippen molar-refractivity contribution in [3.8, 4) is 0 Å². The number of amides is 2. The Hall–Kier alpha value is -3.39. The van der Waals surface area contributed by atoms with Crippen molar-refractivity contribution in [2.75, 3.05) is 17.6 Å². The number of hydrogen-bond donors (Lipinski definition) is 4. The highest BCUT2D eigenvalue weighted by molar-refractivity contribution is 8.00. The van der Waals surface area contributed by atoms with E-state index in [9.17, 15) is 32.7 Å². The largest absolute Gasteiger partial charge is 0.480 e. The first-order chi connectivity index (χ1) is 18.0. The van der Waals surface area contributed by atoms with Crippen molar-refractivity contribution in [1.82, 2.24) is 20.2 Å². The van der Waals surface area contributed by atoms with Crippen LogP contribution >= 0.6 is 11.8 Å². The Morgan fingerprint density at radius 2 is 1.82 bits per heavy atom. The molecule has 2 aromatic rings. The van der Waals surface area contributed by atoms with Crippen molar-refractivity contribution >= 4 is 35.5 Å². The number of rotatable bonds is 11. The summed E-state index contributed by atoms with van der Waals surface area (Å²) in [6.45, 7) is 3.91. The number of nitrogens with two attached hydrogens (primary N) is 1. The lowest BCUT2D eigenvalue weighted by Crippen LogP contribution is -2.46. The van der Waals surface area contributed by atoms with E-state index in [2.05, 4.69) is 20.6 Å². The van der Waals surface area contributed by atoms with Gasteiger partial charge >= 0.3 is 5.97 Å². The van der Waals surface area contributed by atoms with Gasteiger partial charge in [0.2, 0.25) is 11.9 Å². The van der Waals surface area contributed by atoms with Crippen molar-refractivity contribution in [1.29, 1.82) is 0 Å². The van der Waals surface area contributed by atoms with Crippen LogP contribution in [0.4, 0.5) is 19.1 Å². The summed E-state index contributed by atoms with van der Waals surface area (Å²) in [7, 11) is 0. The van der Waals surface area contributed by atoms with Crippen LogP contribution in [0, 0.1) is 23.4 Å². The van der Waals surface area contributed by atoms with Crippen molar-refractivity contribution in [2.45, 2.75) is 50.7 Å². The highest BCUT2D eigenvalue weighted by Gasteiger charge is 2.35. The summed E-state index contributed by atoms with van der Waals surface area (Å²) in [4.78, 5) is 46.5. The average Bonchev–Trinajstić information content (AvgIpc) is 3.35. The average molecular weight is 555 g/mol. The number of carbonyl (C=O) groups is 3. The summed E-state index contributed by atoms with van der Waals surface area (Å²) in [5.41, 5.74) is 6.40. The number of aromatic nitrogens is 2. The Labute approximate surface area is 221 Å². The highest BCUT2D eigenvalue weighted by atomic mass is 32.2. The first-order valence-electron chi connectivity index (χ1n) is 11.8.